The van der Waals surface area contributed by atoms with Gasteiger partial charge in [-0.3, -0.25) is 0 Å². The lowest BCUT2D eigenvalue weighted by Gasteiger charge is -2.23. The Labute approximate surface area is 97.5 Å². The van der Waals surface area contributed by atoms with Gasteiger partial charge in [-0.1, -0.05) is 6.07 Å². The number of rotatable bonds is 5. The van der Waals surface area contributed by atoms with E-state index in [1.165, 1.54) is 0 Å². The molecular weight excluding hydrogens is 202 g/mol. The van der Waals surface area contributed by atoms with Crippen LogP contribution in [0.15, 0.2) is 18.3 Å². The van der Waals surface area contributed by atoms with E-state index in [1.54, 1.807) is 13.1 Å². The maximum Gasteiger partial charge on any atom is 0.134 e. The van der Waals surface area contributed by atoms with Crippen LogP contribution in [0.2, 0.25) is 0 Å². The molecule has 1 rings (SSSR count). The van der Waals surface area contributed by atoms with Crippen molar-refractivity contribution in [2.75, 3.05) is 39.1 Å². The van der Waals surface area contributed by atoms with E-state index in [-0.39, 0.29) is 0 Å². The molecule has 0 unspecified atom stereocenters. The summed E-state index contributed by atoms with van der Waals surface area (Å²) in [4.78, 5) is 8.52. The molecular formula is C12H21N3O. The summed E-state index contributed by atoms with van der Waals surface area (Å²) in [5.41, 5.74) is 0.878. The third-order valence-electron chi connectivity index (χ3n) is 2.51. The van der Waals surface area contributed by atoms with Crippen LogP contribution in [0.5, 0.6) is 0 Å². The molecule has 0 amide bonds. The predicted molar refractivity (Wildman–Crippen MR) is 66.7 cm³/mol. The average Bonchev–Trinajstić information content (AvgIpc) is 2.25. The molecule has 16 heavy (non-hydrogen) atoms. The van der Waals surface area contributed by atoms with Gasteiger partial charge in [-0.05, 0) is 27.1 Å². The molecule has 1 N–H and O–H groups in total. The third kappa shape index (κ3) is 3.47. The molecule has 0 aliphatic rings. The molecule has 0 saturated carbocycles. The summed E-state index contributed by atoms with van der Waals surface area (Å²) in [7, 11) is 6.08. The fraction of sp³-hybridized carbons (Fsp3) is 0.583. The molecule has 0 aliphatic carbocycles. The molecule has 0 fully saturated rings. The lowest BCUT2D eigenvalue weighted by molar-refractivity contribution is 0.199. The summed E-state index contributed by atoms with van der Waals surface area (Å²) in [5, 5.41) is 9.65. The summed E-state index contributed by atoms with van der Waals surface area (Å²) >= 11 is 0. The van der Waals surface area contributed by atoms with Gasteiger partial charge in [0.15, 0.2) is 0 Å². The molecule has 0 bridgehead atoms. The minimum absolute atomic E-state index is 0.481. The van der Waals surface area contributed by atoms with Gasteiger partial charge >= 0.3 is 0 Å². The molecule has 0 aliphatic heterocycles. The largest absolute Gasteiger partial charge is 0.389 e. The number of pyridine rings is 1. The molecule has 0 radical (unpaired) electrons. The Hall–Kier alpha value is -1.13. The van der Waals surface area contributed by atoms with E-state index in [2.05, 4.69) is 14.8 Å². The minimum atomic E-state index is -0.481. The highest BCUT2D eigenvalue weighted by Crippen LogP contribution is 2.22. The van der Waals surface area contributed by atoms with Crippen LogP contribution >= 0.6 is 0 Å². The molecule has 1 aromatic rings. The topological polar surface area (TPSA) is 39.6 Å². The van der Waals surface area contributed by atoms with Crippen molar-refractivity contribution in [3.8, 4) is 0 Å². The van der Waals surface area contributed by atoms with E-state index in [9.17, 15) is 5.11 Å². The number of hydrogen-bond acceptors (Lipinski definition) is 4. The van der Waals surface area contributed by atoms with Crippen molar-refractivity contribution in [2.24, 2.45) is 0 Å². The molecule has 0 aromatic carbocycles. The zero-order chi connectivity index (χ0) is 12.1. The molecule has 0 saturated heterocycles. The predicted octanol–water partition coefficient (Wildman–Crippen LogP) is 1.13. The second kappa shape index (κ2) is 5.82. The maximum atomic E-state index is 9.65. The van der Waals surface area contributed by atoms with Crippen LogP contribution in [0.1, 0.15) is 18.6 Å². The van der Waals surface area contributed by atoms with E-state index < -0.39 is 6.10 Å². The molecule has 4 nitrogen and oxygen atoms in total. The highest BCUT2D eigenvalue weighted by atomic mass is 16.3. The first-order valence-electron chi connectivity index (χ1n) is 5.51. The van der Waals surface area contributed by atoms with Crippen LogP contribution < -0.4 is 4.90 Å². The molecule has 4 heteroatoms. The Balaban J connectivity index is 2.77. The van der Waals surface area contributed by atoms with Crippen molar-refractivity contribution in [3.05, 3.63) is 23.9 Å². The zero-order valence-corrected chi connectivity index (χ0v) is 10.5. The summed E-state index contributed by atoms with van der Waals surface area (Å²) in [6.07, 6.45) is 1.28. The van der Waals surface area contributed by atoms with Gasteiger partial charge < -0.3 is 14.9 Å². The van der Waals surface area contributed by atoms with Crippen molar-refractivity contribution in [2.45, 2.75) is 13.0 Å². The molecule has 1 heterocycles. The standard InChI is InChI=1S/C12H21N3O/c1-10(16)11-6-5-7-13-12(11)15(4)9-8-14(2)3/h5-7,10,16H,8-9H2,1-4H3/t10-/m0/s1. The third-order valence-corrected chi connectivity index (χ3v) is 2.51. The summed E-state index contributed by atoms with van der Waals surface area (Å²) < 4.78 is 0. The lowest BCUT2D eigenvalue weighted by Crippen LogP contribution is -2.29. The molecule has 0 spiro atoms. The number of anilines is 1. The second-order valence-electron chi connectivity index (χ2n) is 4.32. The summed E-state index contributed by atoms with van der Waals surface area (Å²) in [6.45, 7) is 3.62. The fourth-order valence-corrected chi connectivity index (χ4v) is 1.51. The van der Waals surface area contributed by atoms with Crippen molar-refractivity contribution >= 4 is 5.82 Å². The number of hydrogen-bond donors (Lipinski definition) is 1. The normalized spacial score (nSPS) is 12.9. The van der Waals surface area contributed by atoms with Crippen LogP contribution in [0.3, 0.4) is 0 Å². The first-order chi connectivity index (χ1) is 7.52. The van der Waals surface area contributed by atoms with Gasteiger partial charge in [0, 0.05) is 31.9 Å². The first kappa shape index (κ1) is 12.9. The summed E-state index contributed by atoms with van der Waals surface area (Å²) in [5.74, 6) is 0.861. The van der Waals surface area contributed by atoms with Crippen molar-refractivity contribution in [1.29, 1.82) is 0 Å². The number of nitrogens with zero attached hydrogens (tertiary/aromatic N) is 3. The van der Waals surface area contributed by atoms with Gasteiger partial charge in [0.05, 0.1) is 6.10 Å². The van der Waals surface area contributed by atoms with Crippen LogP contribution in [-0.2, 0) is 0 Å². The Bertz CT molecular complexity index is 326. The zero-order valence-electron chi connectivity index (χ0n) is 10.5. The number of aliphatic hydroxyl groups excluding tert-OH is 1. The Morgan fingerprint density at radius 3 is 2.56 bits per heavy atom. The minimum Gasteiger partial charge on any atom is -0.389 e. The van der Waals surface area contributed by atoms with Gasteiger partial charge in [-0.25, -0.2) is 4.98 Å². The number of aliphatic hydroxyl groups is 1. The summed E-state index contributed by atoms with van der Waals surface area (Å²) in [6, 6.07) is 3.77. The van der Waals surface area contributed by atoms with Gasteiger partial charge in [0.1, 0.15) is 5.82 Å². The van der Waals surface area contributed by atoms with Gasteiger partial charge in [0.25, 0.3) is 0 Å². The van der Waals surface area contributed by atoms with E-state index in [1.807, 2.05) is 33.3 Å². The van der Waals surface area contributed by atoms with Crippen molar-refractivity contribution in [3.63, 3.8) is 0 Å². The van der Waals surface area contributed by atoms with Crippen LogP contribution in [0.4, 0.5) is 5.82 Å². The Morgan fingerprint density at radius 2 is 2.00 bits per heavy atom. The first-order valence-corrected chi connectivity index (χ1v) is 5.51. The van der Waals surface area contributed by atoms with E-state index in [4.69, 9.17) is 0 Å². The van der Waals surface area contributed by atoms with E-state index >= 15 is 0 Å². The van der Waals surface area contributed by atoms with Crippen molar-refractivity contribution in [1.82, 2.24) is 9.88 Å². The maximum absolute atomic E-state index is 9.65. The number of aromatic nitrogens is 1. The van der Waals surface area contributed by atoms with Crippen LogP contribution in [0.25, 0.3) is 0 Å². The Kier molecular flexibility index (Phi) is 4.71. The molecule has 90 valence electrons. The Morgan fingerprint density at radius 1 is 1.31 bits per heavy atom. The highest BCUT2D eigenvalue weighted by molar-refractivity contribution is 5.46. The quantitative estimate of drug-likeness (QED) is 0.812. The van der Waals surface area contributed by atoms with Gasteiger partial charge in [0.2, 0.25) is 0 Å². The second-order valence-corrected chi connectivity index (χ2v) is 4.32. The fourth-order valence-electron chi connectivity index (χ4n) is 1.51. The van der Waals surface area contributed by atoms with E-state index in [0.717, 1.165) is 24.5 Å². The van der Waals surface area contributed by atoms with Gasteiger partial charge in [-0.2, -0.15) is 0 Å². The lowest BCUT2D eigenvalue weighted by atomic mass is 10.1. The smallest absolute Gasteiger partial charge is 0.134 e. The van der Waals surface area contributed by atoms with Crippen LogP contribution in [0, 0.1) is 0 Å². The van der Waals surface area contributed by atoms with Gasteiger partial charge in [-0.15, -0.1) is 0 Å². The highest BCUT2D eigenvalue weighted by Gasteiger charge is 2.12. The van der Waals surface area contributed by atoms with Crippen molar-refractivity contribution < 1.29 is 5.11 Å². The van der Waals surface area contributed by atoms with E-state index in [0.29, 0.717) is 0 Å². The molecule has 1 aromatic heterocycles. The SMILES string of the molecule is C[C@H](O)c1cccnc1N(C)CCN(C)C. The van der Waals surface area contributed by atoms with Crippen LogP contribution in [-0.4, -0.2) is 49.2 Å². The average molecular weight is 223 g/mol. The monoisotopic (exact) mass is 223 g/mol. The molecule has 1 atom stereocenters. The number of likely N-dealkylation sites (N-methyl/N-ethyl adjacent to an activating group) is 2.